The topological polar surface area (TPSA) is 108 Å². The smallest absolute Gasteiger partial charge is 0.242 e. The monoisotopic (exact) mass is 355 g/mol. The molecule has 1 heterocycles. The van der Waals surface area contributed by atoms with Gasteiger partial charge in [0, 0.05) is 19.8 Å². The Morgan fingerprint density at radius 1 is 1.39 bits per heavy atom. The van der Waals surface area contributed by atoms with E-state index >= 15 is 0 Å². The fourth-order valence-corrected chi connectivity index (χ4v) is 3.25. The van der Waals surface area contributed by atoms with Gasteiger partial charge in [0.2, 0.25) is 21.1 Å². The Hall–Kier alpha value is -1.91. The molecule has 0 bridgehead atoms. The van der Waals surface area contributed by atoms with Crippen molar-refractivity contribution in [1.29, 1.82) is 0 Å². The molecule has 0 aliphatic rings. The molecule has 1 aromatic heterocycles. The summed E-state index contributed by atoms with van der Waals surface area (Å²) in [7, 11) is -0.626. The first kappa shape index (κ1) is 17.4. The van der Waals surface area contributed by atoms with E-state index in [0.29, 0.717) is 16.7 Å². The van der Waals surface area contributed by atoms with Crippen molar-refractivity contribution in [2.24, 2.45) is 0 Å². The van der Waals surface area contributed by atoms with Crippen molar-refractivity contribution in [3.05, 3.63) is 30.1 Å². The van der Waals surface area contributed by atoms with E-state index in [0.717, 1.165) is 4.31 Å². The number of H-pyrrole nitrogens is 1. The maximum absolute atomic E-state index is 12.1. The van der Waals surface area contributed by atoms with Gasteiger partial charge in [-0.25, -0.2) is 17.7 Å². The summed E-state index contributed by atoms with van der Waals surface area (Å²) in [5, 5.41) is 9.76. The van der Waals surface area contributed by atoms with Crippen molar-refractivity contribution in [2.75, 3.05) is 25.2 Å². The molecule has 0 fully saturated rings. The van der Waals surface area contributed by atoms with Gasteiger partial charge < -0.3 is 5.32 Å². The van der Waals surface area contributed by atoms with Gasteiger partial charge in [-0.2, -0.15) is 0 Å². The number of carbonyl (C=O) groups is 1. The van der Waals surface area contributed by atoms with Gasteiger partial charge in [0.25, 0.3) is 0 Å². The van der Waals surface area contributed by atoms with Gasteiger partial charge in [-0.3, -0.25) is 9.89 Å². The Labute approximate surface area is 138 Å². The van der Waals surface area contributed by atoms with Crippen LogP contribution in [0.5, 0.6) is 0 Å². The predicted molar refractivity (Wildman–Crippen MR) is 87.8 cm³/mol. The minimum atomic E-state index is -3.54. The minimum absolute atomic E-state index is 0.123. The van der Waals surface area contributed by atoms with Crippen molar-refractivity contribution in [3.63, 3.8) is 0 Å². The van der Waals surface area contributed by atoms with E-state index in [1.165, 1.54) is 38.0 Å². The third kappa shape index (κ3) is 4.53. The molecule has 0 saturated carbocycles. The van der Waals surface area contributed by atoms with Crippen LogP contribution >= 0.6 is 11.8 Å². The highest BCUT2D eigenvalue weighted by atomic mass is 32.2. The van der Waals surface area contributed by atoms with Gasteiger partial charge in [0.15, 0.2) is 0 Å². The molecule has 10 heteroatoms. The zero-order valence-electron chi connectivity index (χ0n) is 12.9. The van der Waals surface area contributed by atoms with Gasteiger partial charge >= 0.3 is 0 Å². The lowest BCUT2D eigenvalue weighted by molar-refractivity contribution is -0.113. The lowest BCUT2D eigenvalue weighted by Crippen LogP contribution is -2.22. The predicted octanol–water partition coefficient (Wildman–Crippen LogP) is 1.09. The SMILES string of the molecule is Cc1nc(SCC(=O)Nc2cccc(S(=O)(=O)N(C)C)c2)n[nH]1. The van der Waals surface area contributed by atoms with Crippen molar-refractivity contribution >= 4 is 33.4 Å². The third-order valence-electron chi connectivity index (χ3n) is 2.81. The highest BCUT2D eigenvalue weighted by Gasteiger charge is 2.17. The number of hydrogen-bond acceptors (Lipinski definition) is 6. The molecule has 2 N–H and O–H groups in total. The minimum Gasteiger partial charge on any atom is -0.325 e. The van der Waals surface area contributed by atoms with Crippen molar-refractivity contribution in [2.45, 2.75) is 17.0 Å². The molecule has 0 spiro atoms. The van der Waals surface area contributed by atoms with Crippen molar-refractivity contribution < 1.29 is 13.2 Å². The number of aryl methyl sites for hydroxylation is 1. The molecule has 0 radical (unpaired) electrons. The number of nitrogens with zero attached hydrogens (tertiary/aromatic N) is 3. The molecular weight excluding hydrogens is 338 g/mol. The average Bonchev–Trinajstić information content (AvgIpc) is 2.91. The first-order valence-corrected chi connectivity index (χ1v) is 9.06. The highest BCUT2D eigenvalue weighted by molar-refractivity contribution is 7.99. The van der Waals surface area contributed by atoms with E-state index in [1.807, 2.05) is 0 Å². The zero-order valence-corrected chi connectivity index (χ0v) is 14.5. The largest absolute Gasteiger partial charge is 0.325 e. The molecule has 2 rings (SSSR count). The molecule has 1 aromatic carbocycles. The molecular formula is C13H17N5O3S2. The number of anilines is 1. The summed E-state index contributed by atoms with van der Waals surface area (Å²) in [6.07, 6.45) is 0. The number of carbonyl (C=O) groups excluding carboxylic acids is 1. The first-order valence-electron chi connectivity index (χ1n) is 6.63. The second-order valence-corrected chi connectivity index (χ2v) is 7.95. The van der Waals surface area contributed by atoms with E-state index in [1.54, 1.807) is 19.1 Å². The Morgan fingerprint density at radius 3 is 2.74 bits per heavy atom. The number of aromatic amines is 1. The summed E-state index contributed by atoms with van der Waals surface area (Å²) in [4.78, 5) is 16.1. The second kappa shape index (κ2) is 7.11. The molecule has 2 aromatic rings. The molecule has 23 heavy (non-hydrogen) atoms. The van der Waals surface area contributed by atoms with Crippen LogP contribution in [-0.4, -0.2) is 53.7 Å². The number of benzene rings is 1. The van der Waals surface area contributed by atoms with E-state index in [4.69, 9.17) is 0 Å². The van der Waals surface area contributed by atoms with E-state index in [9.17, 15) is 13.2 Å². The quantitative estimate of drug-likeness (QED) is 0.751. The molecule has 0 aliphatic carbocycles. The molecule has 0 aliphatic heterocycles. The normalized spacial score (nSPS) is 11.7. The van der Waals surface area contributed by atoms with E-state index in [2.05, 4.69) is 20.5 Å². The Kier molecular flexibility index (Phi) is 5.39. The fraction of sp³-hybridized carbons (Fsp3) is 0.308. The first-order chi connectivity index (χ1) is 10.8. The summed E-state index contributed by atoms with van der Waals surface area (Å²) in [6, 6.07) is 6.12. The lowest BCUT2D eigenvalue weighted by atomic mass is 10.3. The van der Waals surface area contributed by atoms with Gasteiger partial charge in [-0.05, 0) is 25.1 Å². The van der Waals surface area contributed by atoms with Crippen LogP contribution in [0, 0.1) is 6.92 Å². The number of thioether (sulfide) groups is 1. The van der Waals surface area contributed by atoms with E-state index in [-0.39, 0.29) is 16.6 Å². The Bertz CT molecular complexity index is 801. The highest BCUT2D eigenvalue weighted by Crippen LogP contribution is 2.19. The van der Waals surface area contributed by atoms with Crippen LogP contribution < -0.4 is 5.32 Å². The molecule has 0 atom stereocenters. The summed E-state index contributed by atoms with van der Waals surface area (Å²) >= 11 is 1.19. The maximum Gasteiger partial charge on any atom is 0.242 e. The van der Waals surface area contributed by atoms with Crippen LogP contribution in [0.15, 0.2) is 34.3 Å². The van der Waals surface area contributed by atoms with Crippen LogP contribution in [0.4, 0.5) is 5.69 Å². The van der Waals surface area contributed by atoms with Crippen molar-refractivity contribution in [3.8, 4) is 0 Å². The zero-order chi connectivity index (χ0) is 17.0. The number of aromatic nitrogens is 3. The molecule has 124 valence electrons. The van der Waals surface area contributed by atoms with Crippen LogP contribution in [0.3, 0.4) is 0 Å². The second-order valence-electron chi connectivity index (χ2n) is 4.86. The summed E-state index contributed by atoms with van der Waals surface area (Å²) in [5.41, 5.74) is 0.421. The van der Waals surface area contributed by atoms with Gasteiger partial charge in [0.05, 0.1) is 10.6 Å². The standard InChI is InChI=1S/C13H17N5O3S2/c1-9-14-13(17-16-9)22-8-12(19)15-10-5-4-6-11(7-10)23(20,21)18(2)3/h4-7H,8H2,1-3H3,(H,15,19)(H,14,16,17). The molecule has 0 unspecified atom stereocenters. The number of nitrogens with one attached hydrogen (secondary N) is 2. The van der Waals surface area contributed by atoms with E-state index < -0.39 is 10.0 Å². The number of sulfonamides is 1. The van der Waals surface area contributed by atoms with Crippen LogP contribution in [0.1, 0.15) is 5.82 Å². The molecule has 1 amide bonds. The summed E-state index contributed by atoms with van der Waals surface area (Å²) < 4.78 is 25.3. The number of rotatable bonds is 6. The van der Waals surface area contributed by atoms with Crippen molar-refractivity contribution in [1.82, 2.24) is 19.5 Å². The van der Waals surface area contributed by atoms with Crippen LogP contribution in [0.25, 0.3) is 0 Å². The summed E-state index contributed by atoms with van der Waals surface area (Å²) in [6.45, 7) is 1.77. The molecule has 8 nitrogen and oxygen atoms in total. The van der Waals surface area contributed by atoms with Crippen LogP contribution in [0.2, 0.25) is 0 Å². The number of hydrogen-bond donors (Lipinski definition) is 2. The maximum atomic E-state index is 12.1. The summed E-state index contributed by atoms with van der Waals surface area (Å²) in [5.74, 6) is 0.536. The Morgan fingerprint density at radius 2 is 2.13 bits per heavy atom. The number of amides is 1. The lowest BCUT2D eigenvalue weighted by Gasteiger charge is -2.12. The fourth-order valence-electron chi connectivity index (χ4n) is 1.66. The van der Waals surface area contributed by atoms with Crippen LogP contribution in [-0.2, 0) is 14.8 Å². The van der Waals surface area contributed by atoms with Gasteiger partial charge in [-0.1, -0.05) is 17.8 Å². The average molecular weight is 355 g/mol. The van der Waals surface area contributed by atoms with Gasteiger partial charge in [-0.15, -0.1) is 5.10 Å². The Balaban J connectivity index is 2.01. The van der Waals surface area contributed by atoms with Gasteiger partial charge in [0.1, 0.15) is 5.82 Å². The third-order valence-corrected chi connectivity index (χ3v) is 5.46. The molecule has 0 saturated heterocycles.